The number of amides is 1. The smallest absolute Gasteiger partial charge is 0.237 e. The maximum absolute atomic E-state index is 11.6. The van der Waals surface area contributed by atoms with Gasteiger partial charge < -0.3 is 5.32 Å². The molecule has 1 unspecified atom stereocenters. The van der Waals surface area contributed by atoms with E-state index in [0.717, 1.165) is 25.8 Å². The molecular formula is C10H17N3O. The Balaban J connectivity index is 2.46. The van der Waals surface area contributed by atoms with Gasteiger partial charge in [-0.15, -0.1) is 0 Å². The SMILES string of the molecule is CN(CCC#N)C1CCCCNC1=O. The van der Waals surface area contributed by atoms with Crippen molar-refractivity contribution in [1.29, 1.82) is 5.26 Å². The summed E-state index contributed by atoms with van der Waals surface area (Å²) in [5.74, 6) is 0.114. The molecule has 0 saturated carbocycles. The Bertz CT molecular complexity index is 234. The van der Waals surface area contributed by atoms with Crippen LogP contribution in [0.1, 0.15) is 25.7 Å². The summed E-state index contributed by atoms with van der Waals surface area (Å²) in [4.78, 5) is 13.6. The second-order valence-electron chi connectivity index (χ2n) is 3.69. The van der Waals surface area contributed by atoms with Gasteiger partial charge in [0.2, 0.25) is 5.91 Å². The van der Waals surface area contributed by atoms with Crippen molar-refractivity contribution in [3.8, 4) is 6.07 Å². The first-order chi connectivity index (χ1) is 6.75. The first kappa shape index (κ1) is 11.0. The molecule has 1 N–H and O–H groups in total. The maximum atomic E-state index is 11.6. The molecule has 0 aromatic heterocycles. The van der Waals surface area contributed by atoms with E-state index in [9.17, 15) is 4.79 Å². The van der Waals surface area contributed by atoms with Crippen molar-refractivity contribution in [3.63, 3.8) is 0 Å². The fourth-order valence-corrected chi connectivity index (χ4v) is 1.73. The van der Waals surface area contributed by atoms with E-state index in [2.05, 4.69) is 11.4 Å². The molecule has 4 nitrogen and oxygen atoms in total. The summed E-state index contributed by atoms with van der Waals surface area (Å²) in [5, 5.41) is 11.3. The van der Waals surface area contributed by atoms with Crippen LogP contribution in [0.25, 0.3) is 0 Å². The van der Waals surface area contributed by atoms with E-state index in [1.165, 1.54) is 0 Å². The molecule has 0 aliphatic carbocycles. The maximum Gasteiger partial charge on any atom is 0.237 e. The van der Waals surface area contributed by atoms with Crippen LogP contribution in [0.2, 0.25) is 0 Å². The van der Waals surface area contributed by atoms with E-state index >= 15 is 0 Å². The molecule has 0 bridgehead atoms. The molecule has 1 aliphatic heterocycles. The van der Waals surface area contributed by atoms with Gasteiger partial charge in [-0.1, -0.05) is 0 Å². The Kier molecular flexibility index (Phi) is 4.41. The lowest BCUT2D eigenvalue weighted by atomic mass is 10.1. The van der Waals surface area contributed by atoms with E-state index in [1.54, 1.807) is 0 Å². The Hall–Kier alpha value is -1.08. The highest BCUT2D eigenvalue weighted by Crippen LogP contribution is 2.10. The summed E-state index contributed by atoms with van der Waals surface area (Å²) in [6, 6.07) is 2.06. The molecule has 1 heterocycles. The molecule has 14 heavy (non-hydrogen) atoms. The predicted octanol–water partition coefficient (Wildman–Crippen LogP) is 0.501. The molecule has 0 aromatic rings. The normalized spacial score (nSPS) is 22.6. The van der Waals surface area contributed by atoms with Crippen LogP contribution in [-0.4, -0.2) is 37.0 Å². The van der Waals surface area contributed by atoms with Crippen LogP contribution in [0.3, 0.4) is 0 Å². The van der Waals surface area contributed by atoms with E-state index in [1.807, 2.05) is 11.9 Å². The van der Waals surface area contributed by atoms with Gasteiger partial charge in [0.15, 0.2) is 0 Å². The Labute approximate surface area is 84.9 Å². The Morgan fingerprint density at radius 3 is 3.14 bits per heavy atom. The number of nitrogens with one attached hydrogen (secondary N) is 1. The monoisotopic (exact) mass is 195 g/mol. The number of hydrogen-bond acceptors (Lipinski definition) is 3. The standard InChI is InChI=1S/C10H17N3O/c1-13(8-4-6-11)9-5-2-3-7-12-10(9)14/h9H,2-5,7-8H2,1H3,(H,12,14). The molecule has 1 amide bonds. The van der Waals surface area contributed by atoms with Crippen molar-refractivity contribution in [2.75, 3.05) is 20.1 Å². The van der Waals surface area contributed by atoms with E-state index in [-0.39, 0.29) is 11.9 Å². The van der Waals surface area contributed by atoms with Crippen LogP contribution in [0.5, 0.6) is 0 Å². The second-order valence-corrected chi connectivity index (χ2v) is 3.69. The van der Waals surface area contributed by atoms with Crippen LogP contribution >= 0.6 is 0 Å². The first-order valence-electron chi connectivity index (χ1n) is 5.10. The summed E-state index contributed by atoms with van der Waals surface area (Å²) in [7, 11) is 1.91. The minimum absolute atomic E-state index is 0.0363. The summed E-state index contributed by atoms with van der Waals surface area (Å²) >= 11 is 0. The number of nitriles is 1. The van der Waals surface area contributed by atoms with Gasteiger partial charge in [-0.05, 0) is 26.3 Å². The average Bonchev–Trinajstić information content (AvgIpc) is 2.39. The van der Waals surface area contributed by atoms with Crippen LogP contribution < -0.4 is 5.32 Å². The van der Waals surface area contributed by atoms with Crippen LogP contribution in [0.4, 0.5) is 0 Å². The lowest BCUT2D eigenvalue weighted by molar-refractivity contribution is -0.125. The summed E-state index contributed by atoms with van der Waals surface area (Å²) in [6.45, 7) is 1.47. The van der Waals surface area contributed by atoms with Crippen molar-refractivity contribution in [2.24, 2.45) is 0 Å². The molecule has 78 valence electrons. The van der Waals surface area contributed by atoms with Crippen molar-refractivity contribution >= 4 is 5.91 Å². The summed E-state index contributed by atoms with van der Waals surface area (Å²) < 4.78 is 0. The highest BCUT2D eigenvalue weighted by atomic mass is 16.2. The van der Waals surface area contributed by atoms with Crippen molar-refractivity contribution in [3.05, 3.63) is 0 Å². The quantitative estimate of drug-likeness (QED) is 0.713. The molecule has 0 radical (unpaired) electrons. The highest BCUT2D eigenvalue weighted by molar-refractivity contribution is 5.81. The van der Waals surface area contributed by atoms with Gasteiger partial charge in [-0.2, -0.15) is 5.26 Å². The molecule has 1 aliphatic rings. The van der Waals surface area contributed by atoms with E-state index in [0.29, 0.717) is 13.0 Å². The van der Waals surface area contributed by atoms with Crippen LogP contribution in [-0.2, 0) is 4.79 Å². The van der Waals surface area contributed by atoms with E-state index in [4.69, 9.17) is 5.26 Å². The number of rotatable bonds is 3. The van der Waals surface area contributed by atoms with Gasteiger partial charge in [0.25, 0.3) is 0 Å². The minimum atomic E-state index is -0.0363. The van der Waals surface area contributed by atoms with Crippen LogP contribution in [0.15, 0.2) is 0 Å². The van der Waals surface area contributed by atoms with Gasteiger partial charge in [0, 0.05) is 19.5 Å². The predicted molar refractivity (Wildman–Crippen MR) is 53.5 cm³/mol. The zero-order valence-corrected chi connectivity index (χ0v) is 8.62. The van der Waals surface area contributed by atoms with Crippen molar-refractivity contribution < 1.29 is 4.79 Å². The minimum Gasteiger partial charge on any atom is -0.355 e. The number of carbonyl (C=O) groups is 1. The molecule has 4 heteroatoms. The fourth-order valence-electron chi connectivity index (χ4n) is 1.73. The zero-order chi connectivity index (χ0) is 10.4. The van der Waals surface area contributed by atoms with Gasteiger partial charge in [-0.3, -0.25) is 9.69 Å². The fraction of sp³-hybridized carbons (Fsp3) is 0.800. The molecule has 1 rings (SSSR count). The number of hydrogen-bond donors (Lipinski definition) is 1. The Morgan fingerprint density at radius 2 is 2.43 bits per heavy atom. The van der Waals surface area contributed by atoms with Gasteiger partial charge >= 0.3 is 0 Å². The second kappa shape index (κ2) is 5.61. The number of nitrogens with zero attached hydrogens (tertiary/aromatic N) is 2. The number of carbonyl (C=O) groups excluding carboxylic acids is 1. The van der Waals surface area contributed by atoms with Crippen molar-refractivity contribution in [1.82, 2.24) is 10.2 Å². The third-order valence-corrected chi connectivity index (χ3v) is 2.61. The van der Waals surface area contributed by atoms with Crippen molar-refractivity contribution in [2.45, 2.75) is 31.7 Å². The summed E-state index contributed by atoms with van der Waals surface area (Å²) in [6.07, 6.45) is 3.54. The lowest BCUT2D eigenvalue weighted by Crippen LogP contribution is -2.44. The van der Waals surface area contributed by atoms with E-state index < -0.39 is 0 Å². The third-order valence-electron chi connectivity index (χ3n) is 2.61. The average molecular weight is 195 g/mol. The van der Waals surface area contributed by atoms with Gasteiger partial charge in [0.1, 0.15) is 0 Å². The van der Waals surface area contributed by atoms with Crippen LogP contribution in [0, 0.1) is 11.3 Å². The largest absolute Gasteiger partial charge is 0.355 e. The number of likely N-dealkylation sites (N-methyl/N-ethyl adjacent to an activating group) is 1. The molecule has 0 aromatic carbocycles. The molecule has 1 saturated heterocycles. The highest BCUT2D eigenvalue weighted by Gasteiger charge is 2.23. The van der Waals surface area contributed by atoms with Gasteiger partial charge in [-0.25, -0.2) is 0 Å². The Morgan fingerprint density at radius 1 is 1.64 bits per heavy atom. The molecule has 0 spiro atoms. The summed E-state index contributed by atoms with van der Waals surface area (Å²) in [5.41, 5.74) is 0. The zero-order valence-electron chi connectivity index (χ0n) is 8.62. The third kappa shape index (κ3) is 3.00. The van der Waals surface area contributed by atoms with Gasteiger partial charge in [0.05, 0.1) is 12.1 Å². The molecule has 1 fully saturated rings. The lowest BCUT2D eigenvalue weighted by Gasteiger charge is -2.24. The molecule has 1 atom stereocenters. The topological polar surface area (TPSA) is 56.1 Å². The first-order valence-corrected chi connectivity index (χ1v) is 5.10. The molecular weight excluding hydrogens is 178 g/mol.